The monoisotopic (exact) mass is 545 g/mol. The third kappa shape index (κ3) is 4.86. The van der Waals surface area contributed by atoms with E-state index >= 15 is 4.39 Å². The summed E-state index contributed by atoms with van der Waals surface area (Å²) in [5, 5.41) is 20.7. The van der Waals surface area contributed by atoms with Crippen molar-refractivity contribution in [3.8, 4) is 33.2 Å². The van der Waals surface area contributed by atoms with Crippen LogP contribution in [-0.4, -0.2) is 41.5 Å². The minimum Gasteiger partial charge on any atom is -0.374 e. The molecule has 1 aromatic carbocycles. The molecule has 0 aliphatic heterocycles. The third-order valence-electron chi connectivity index (χ3n) is 6.29. The van der Waals surface area contributed by atoms with Crippen LogP contribution in [0.2, 0.25) is 0 Å². The molecule has 5 aromatic heterocycles. The molecule has 4 N–H and O–H groups in total. The number of aromatic nitrogens is 6. The molecule has 0 saturated carbocycles. The lowest BCUT2D eigenvalue weighted by Gasteiger charge is -2.23. The van der Waals surface area contributed by atoms with Crippen LogP contribution in [0.4, 0.5) is 14.5 Å². The average molecular weight is 546 g/mol. The number of hydrogen-bond donors (Lipinski definition) is 4. The Kier molecular flexibility index (Phi) is 6.12. The van der Waals surface area contributed by atoms with E-state index in [0.717, 1.165) is 11.3 Å². The summed E-state index contributed by atoms with van der Waals surface area (Å²) in [5.74, 6) is -0.123. The summed E-state index contributed by atoms with van der Waals surface area (Å²) >= 11 is 0.983. The second-order valence-electron chi connectivity index (χ2n) is 10.6. The van der Waals surface area contributed by atoms with Crippen molar-refractivity contribution < 1.29 is 13.9 Å². The fraction of sp³-hybridized carbons (Fsp3) is 0.214. The second-order valence-corrected chi connectivity index (χ2v) is 11.6. The first kappa shape index (κ1) is 25.1. The molecular weight excluding hydrogens is 520 g/mol. The highest BCUT2D eigenvalue weighted by molar-refractivity contribution is 7.13. The third-order valence-corrected chi connectivity index (χ3v) is 7.17. The lowest BCUT2D eigenvalue weighted by Crippen LogP contribution is -2.25. The molecule has 0 radical (unpaired) electrons. The molecule has 0 aliphatic rings. The van der Waals surface area contributed by atoms with Gasteiger partial charge < -0.3 is 15.4 Å². The standard InChI is InChI=1S/C28H25F2N7OS/c1-28(2,3)11-21(38)33-15-10-14(12-31-13-15)16-4-5-17-22(23(16)30)26(37-36-17)27-34-18-8-9-32-25(24(18)35-27)19-6-7-20(29)39-19/h4-10,12-13,21,33,38H,11H2,1-3H3,(H,34,35)(H,36,37). The average Bonchev–Trinajstić information content (AvgIpc) is 3.60. The Morgan fingerprint density at radius 3 is 2.67 bits per heavy atom. The predicted octanol–water partition coefficient (Wildman–Crippen LogP) is 6.74. The van der Waals surface area contributed by atoms with Gasteiger partial charge in [0.25, 0.3) is 0 Å². The zero-order chi connectivity index (χ0) is 27.3. The first-order valence-corrected chi connectivity index (χ1v) is 13.2. The summed E-state index contributed by atoms with van der Waals surface area (Å²) in [6.07, 6.45) is 4.55. The van der Waals surface area contributed by atoms with Crippen molar-refractivity contribution >= 4 is 39.0 Å². The van der Waals surface area contributed by atoms with Gasteiger partial charge in [-0.15, -0.1) is 11.3 Å². The summed E-state index contributed by atoms with van der Waals surface area (Å²) in [6, 6.07) is 9.97. The van der Waals surface area contributed by atoms with E-state index in [1.54, 1.807) is 48.9 Å². The van der Waals surface area contributed by atoms with Crippen LogP contribution in [0.3, 0.4) is 0 Å². The van der Waals surface area contributed by atoms with Crippen LogP contribution in [0.5, 0.6) is 0 Å². The Bertz CT molecular complexity index is 1820. The first-order valence-electron chi connectivity index (χ1n) is 12.3. The van der Waals surface area contributed by atoms with E-state index < -0.39 is 12.0 Å². The second kappa shape index (κ2) is 9.51. The van der Waals surface area contributed by atoms with Crippen molar-refractivity contribution in [1.29, 1.82) is 0 Å². The molecule has 0 amide bonds. The Balaban J connectivity index is 1.40. The van der Waals surface area contributed by atoms with Crippen LogP contribution < -0.4 is 5.32 Å². The summed E-state index contributed by atoms with van der Waals surface area (Å²) < 4.78 is 29.8. The normalized spacial score (nSPS) is 12.9. The SMILES string of the molecule is CC(C)(C)CC(O)Nc1cncc(-c2ccc3[nH]nc(-c4nc5c(-c6ccc(F)s6)nccc5[nH]4)c3c2F)c1. The van der Waals surface area contributed by atoms with Crippen LogP contribution in [0.15, 0.2) is 55.0 Å². The summed E-state index contributed by atoms with van der Waals surface area (Å²) in [6.45, 7) is 6.13. The molecule has 198 valence electrons. The van der Waals surface area contributed by atoms with Gasteiger partial charge in [0, 0.05) is 23.5 Å². The Morgan fingerprint density at radius 1 is 1.05 bits per heavy atom. The Hall–Kier alpha value is -4.22. The number of aromatic amines is 2. The number of nitrogens with one attached hydrogen (secondary N) is 3. The van der Waals surface area contributed by atoms with Crippen molar-refractivity contribution in [2.75, 3.05) is 5.32 Å². The minimum absolute atomic E-state index is 0.0697. The molecule has 39 heavy (non-hydrogen) atoms. The maximum absolute atomic E-state index is 16.1. The lowest BCUT2D eigenvalue weighted by atomic mass is 9.91. The molecule has 1 unspecified atom stereocenters. The quantitative estimate of drug-likeness (QED) is 0.172. The number of aliphatic hydroxyl groups is 1. The molecule has 6 rings (SSSR count). The fourth-order valence-electron chi connectivity index (χ4n) is 4.63. The van der Waals surface area contributed by atoms with Crippen LogP contribution in [0.25, 0.3) is 55.2 Å². The van der Waals surface area contributed by atoms with Gasteiger partial charge in [-0.3, -0.25) is 15.1 Å². The number of thiophene rings is 1. The topological polar surface area (TPSA) is 115 Å². The smallest absolute Gasteiger partial charge is 0.177 e. The van der Waals surface area contributed by atoms with Gasteiger partial charge >= 0.3 is 0 Å². The largest absolute Gasteiger partial charge is 0.374 e. The number of hydrogen-bond acceptors (Lipinski definition) is 7. The molecule has 6 aromatic rings. The van der Waals surface area contributed by atoms with E-state index in [2.05, 4.69) is 35.5 Å². The van der Waals surface area contributed by atoms with Gasteiger partial charge in [0.2, 0.25) is 0 Å². The number of halogens is 2. The summed E-state index contributed by atoms with van der Waals surface area (Å²) in [4.78, 5) is 17.2. The van der Waals surface area contributed by atoms with Crippen molar-refractivity contribution in [2.45, 2.75) is 33.4 Å². The van der Waals surface area contributed by atoms with Gasteiger partial charge in [0.1, 0.15) is 28.9 Å². The first-order chi connectivity index (χ1) is 18.7. The lowest BCUT2D eigenvalue weighted by molar-refractivity contribution is 0.145. The Labute approximate surface area is 226 Å². The molecule has 0 saturated heterocycles. The number of rotatable bonds is 6. The highest BCUT2D eigenvalue weighted by atomic mass is 32.1. The van der Waals surface area contributed by atoms with Gasteiger partial charge in [-0.1, -0.05) is 20.8 Å². The van der Waals surface area contributed by atoms with Gasteiger partial charge in [-0.2, -0.15) is 9.49 Å². The molecule has 0 bridgehead atoms. The van der Waals surface area contributed by atoms with Crippen molar-refractivity contribution in [3.63, 3.8) is 0 Å². The van der Waals surface area contributed by atoms with Crippen molar-refractivity contribution in [2.24, 2.45) is 5.41 Å². The van der Waals surface area contributed by atoms with E-state index in [1.807, 2.05) is 20.8 Å². The number of benzene rings is 1. The Morgan fingerprint density at radius 2 is 1.90 bits per heavy atom. The zero-order valence-electron chi connectivity index (χ0n) is 21.4. The van der Waals surface area contributed by atoms with E-state index in [4.69, 9.17) is 0 Å². The van der Waals surface area contributed by atoms with Gasteiger partial charge in [0.15, 0.2) is 11.0 Å². The van der Waals surface area contributed by atoms with E-state index in [1.165, 1.54) is 6.07 Å². The predicted molar refractivity (Wildman–Crippen MR) is 149 cm³/mol. The summed E-state index contributed by atoms with van der Waals surface area (Å²) in [7, 11) is 0. The van der Waals surface area contributed by atoms with E-state index in [0.29, 0.717) is 61.9 Å². The van der Waals surface area contributed by atoms with Gasteiger partial charge in [-0.25, -0.2) is 9.37 Å². The molecule has 0 spiro atoms. The molecule has 1 atom stereocenters. The molecule has 8 nitrogen and oxygen atoms in total. The van der Waals surface area contributed by atoms with Crippen LogP contribution in [0.1, 0.15) is 27.2 Å². The van der Waals surface area contributed by atoms with Gasteiger partial charge in [0.05, 0.1) is 33.2 Å². The molecule has 0 aliphatic carbocycles. The minimum atomic E-state index is -0.770. The van der Waals surface area contributed by atoms with Crippen LogP contribution >= 0.6 is 11.3 Å². The number of imidazole rings is 1. The van der Waals surface area contributed by atoms with Crippen molar-refractivity contribution in [1.82, 2.24) is 30.1 Å². The number of fused-ring (bicyclic) bond motifs is 2. The van der Waals surface area contributed by atoms with Crippen LogP contribution in [-0.2, 0) is 0 Å². The zero-order valence-corrected chi connectivity index (χ0v) is 22.2. The van der Waals surface area contributed by atoms with E-state index in [9.17, 15) is 9.50 Å². The number of anilines is 1. The number of nitrogens with zero attached hydrogens (tertiary/aromatic N) is 4. The molecule has 11 heteroatoms. The molecule has 5 heterocycles. The molecular formula is C28H25F2N7OS. The highest BCUT2D eigenvalue weighted by Crippen LogP contribution is 2.36. The number of H-pyrrole nitrogens is 2. The number of aliphatic hydroxyl groups excluding tert-OH is 1. The summed E-state index contributed by atoms with van der Waals surface area (Å²) in [5.41, 5.74) is 3.96. The van der Waals surface area contributed by atoms with E-state index in [-0.39, 0.29) is 15.9 Å². The molecule has 0 fully saturated rings. The van der Waals surface area contributed by atoms with Crippen LogP contribution in [0, 0.1) is 16.4 Å². The maximum atomic E-state index is 16.1. The number of pyridine rings is 2. The fourth-order valence-corrected chi connectivity index (χ4v) is 5.35. The highest BCUT2D eigenvalue weighted by Gasteiger charge is 2.22. The van der Waals surface area contributed by atoms with Gasteiger partial charge in [-0.05, 0) is 48.2 Å². The van der Waals surface area contributed by atoms with Crippen molar-refractivity contribution in [3.05, 3.63) is 65.9 Å². The maximum Gasteiger partial charge on any atom is 0.177 e.